The van der Waals surface area contributed by atoms with Gasteiger partial charge in [-0.1, -0.05) is 53.7 Å². The second-order valence-corrected chi connectivity index (χ2v) is 39.4. The number of aliphatic hydroxyl groups is 4. The van der Waals surface area contributed by atoms with Crippen molar-refractivity contribution in [1.29, 1.82) is 0 Å². The fourth-order valence-corrected chi connectivity index (χ4v) is 20.7. The summed E-state index contributed by atoms with van der Waals surface area (Å²) in [7, 11) is 0. The van der Waals surface area contributed by atoms with Crippen molar-refractivity contribution in [2.75, 3.05) is 36.8 Å². The summed E-state index contributed by atoms with van der Waals surface area (Å²) in [6.07, 6.45) is 17.6. The Balaban J connectivity index is 0.000000142. The number of H-pyrrole nitrogens is 3. The topological polar surface area (TPSA) is 400 Å². The summed E-state index contributed by atoms with van der Waals surface area (Å²) in [5, 5.41) is 45.5. The van der Waals surface area contributed by atoms with Crippen molar-refractivity contribution in [2.45, 2.75) is 295 Å². The van der Waals surface area contributed by atoms with Gasteiger partial charge in [0, 0.05) is 81.8 Å². The SMILES string of the molecule is CC(C)N(C[C@@H]1C[C@@H](O)[C@H](n2ccc3c(N)ncnc32)C1)C1CC(CCc2nc3ccc(C(C)(C)C)cc3[nH]2)C1.CC(C)[NH+](C[C@H]1O[C@@H](n2cnc3c(N)ncnc32)[C@H](O)[C@@H]1O)C1CC(CCc2nc3ccc(C(C)(C)C)cc3[nH]2)C1.Cc1cc2[nH]c(CCC3CC(N(C[C@@H]4C[C@@H](O)[C@H](n5ccc6c(N)ncnc65)C4)C(C)C)C3)nc2cc1C(F)(F)F.[OH-]. The van der Waals surface area contributed by atoms with Gasteiger partial charge in [-0.3, -0.25) is 14.4 Å². The number of aryl methyl sites for hydroxylation is 4. The summed E-state index contributed by atoms with van der Waals surface area (Å²) >= 11 is 0. The smallest absolute Gasteiger partial charge is 0.416 e. The summed E-state index contributed by atoms with van der Waals surface area (Å²) in [6.45, 7) is 31.1. The number of hydrogen-bond acceptors (Lipinski definition) is 21. The van der Waals surface area contributed by atoms with Crippen LogP contribution in [0.4, 0.5) is 30.6 Å². The molecule has 1 aliphatic heterocycles. The Hall–Kier alpha value is -9.31. The summed E-state index contributed by atoms with van der Waals surface area (Å²) in [5.41, 5.74) is 28.4. The Labute approximate surface area is 716 Å². The Morgan fingerprint density at radius 1 is 0.512 bits per heavy atom. The molecule has 11 atom stereocenters. The van der Waals surface area contributed by atoms with Crippen molar-refractivity contribution in [1.82, 2.24) is 88.3 Å². The van der Waals surface area contributed by atoms with E-state index in [0.717, 1.165) is 170 Å². The van der Waals surface area contributed by atoms with Gasteiger partial charge in [-0.25, -0.2) is 49.8 Å². The van der Waals surface area contributed by atoms with E-state index in [-0.39, 0.29) is 45.9 Å². The van der Waals surface area contributed by atoms with Crippen LogP contribution in [0.2, 0.25) is 0 Å². The van der Waals surface area contributed by atoms with E-state index in [1.165, 1.54) is 67.5 Å². The average molecular weight is 1690 g/mol. The Bertz CT molecular complexity index is 5620. The summed E-state index contributed by atoms with van der Waals surface area (Å²) in [4.78, 5) is 60.8. The van der Waals surface area contributed by atoms with Crippen LogP contribution in [0.3, 0.4) is 0 Å². The van der Waals surface area contributed by atoms with Crippen LogP contribution in [-0.2, 0) is 41.0 Å². The highest BCUT2D eigenvalue weighted by atomic mass is 19.4. The highest BCUT2D eigenvalue weighted by Gasteiger charge is 2.50. The normalized spacial score (nSPS) is 25.9. The lowest BCUT2D eigenvalue weighted by atomic mass is 9.76. The molecule has 3 aromatic carbocycles. The van der Waals surface area contributed by atoms with Crippen LogP contribution in [-0.4, -0.2) is 201 Å². The van der Waals surface area contributed by atoms with Gasteiger partial charge >= 0.3 is 6.18 Å². The van der Waals surface area contributed by atoms with Crippen molar-refractivity contribution in [3.63, 3.8) is 0 Å². The Morgan fingerprint density at radius 3 is 1.40 bits per heavy atom. The summed E-state index contributed by atoms with van der Waals surface area (Å²) in [5.74, 6) is 6.96. The second-order valence-electron chi connectivity index (χ2n) is 39.4. The monoisotopic (exact) mass is 1690 g/mol. The molecule has 5 aliphatic carbocycles. The molecule has 28 nitrogen and oxygen atoms in total. The number of nitrogens with zero attached hydrogens (tertiary/aromatic N) is 15. The largest absolute Gasteiger partial charge is 0.870 e. The van der Waals surface area contributed by atoms with E-state index in [9.17, 15) is 33.6 Å². The number of imidazole rings is 4. The van der Waals surface area contributed by atoms with Crippen molar-refractivity contribution in [3.05, 3.63) is 138 Å². The molecule has 6 aliphatic rings. The van der Waals surface area contributed by atoms with Crippen molar-refractivity contribution in [2.24, 2.45) is 29.6 Å². The molecule has 6 fully saturated rings. The van der Waals surface area contributed by atoms with E-state index in [0.29, 0.717) is 100 Å². The third-order valence-corrected chi connectivity index (χ3v) is 27.9. The molecular weight excluding hydrogens is 1570 g/mol. The molecule has 662 valence electrons. The molecule has 0 bridgehead atoms. The molecule has 0 spiro atoms. The highest BCUT2D eigenvalue weighted by Crippen LogP contribution is 2.45. The Kier molecular flexibility index (Phi) is 25.6. The number of aromatic amines is 3. The van der Waals surface area contributed by atoms with Crippen LogP contribution < -0.4 is 22.1 Å². The number of halogens is 3. The van der Waals surface area contributed by atoms with E-state index in [4.69, 9.17) is 31.9 Å². The van der Waals surface area contributed by atoms with Crippen molar-refractivity contribution < 1.29 is 48.7 Å². The molecule has 15 N–H and O–H groups in total. The first-order chi connectivity index (χ1) is 58.0. The van der Waals surface area contributed by atoms with Crippen LogP contribution >= 0.6 is 0 Å². The molecule has 0 amide bonds. The second kappa shape index (κ2) is 35.6. The van der Waals surface area contributed by atoms with Crippen LogP contribution in [0.5, 0.6) is 0 Å². The first kappa shape index (κ1) is 88.5. The van der Waals surface area contributed by atoms with Gasteiger partial charge in [-0.2, -0.15) is 13.2 Å². The number of aromatic nitrogens is 16. The van der Waals surface area contributed by atoms with Crippen LogP contribution in [0, 0.1) is 36.5 Å². The van der Waals surface area contributed by atoms with Gasteiger partial charge in [0.15, 0.2) is 17.7 Å². The number of fused-ring (bicyclic) bond motifs is 6. The zero-order valence-electron chi connectivity index (χ0n) is 73.4. The minimum absolute atomic E-state index is 0. The lowest BCUT2D eigenvalue weighted by Crippen LogP contribution is -3.20. The molecular formula is C92H127F3N22O6. The average Bonchev–Trinajstić information content (AvgIpc) is 1.61. The molecule has 9 aromatic heterocycles. The number of quaternary nitrogens is 1. The predicted molar refractivity (Wildman–Crippen MR) is 472 cm³/mol. The van der Waals surface area contributed by atoms with Crippen molar-refractivity contribution >= 4 is 83.8 Å². The van der Waals surface area contributed by atoms with Gasteiger partial charge in [0.05, 0.1) is 92.1 Å². The van der Waals surface area contributed by atoms with E-state index < -0.39 is 42.4 Å². The van der Waals surface area contributed by atoms with E-state index in [1.807, 2.05) is 24.5 Å². The van der Waals surface area contributed by atoms with Gasteiger partial charge in [-0.05, 0) is 225 Å². The number of nitrogens with one attached hydrogen (secondary N) is 4. The quantitative estimate of drug-likeness (QED) is 0.0268. The molecule has 1 unspecified atom stereocenters. The molecule has 123 heavy (non-hydrogen) atoms. The maximum absolute atomic E-state index is 13.3. The van der Waals surface area contributed by atoms with Crippen LogP contribution in [0.15, 0.2) is 98.4 Å². The summed E-state index contributed by atoms with van der Waals surface area (Å²) in [6, 6.07) is 22.6. The Morgan fingerprint density at radius 2 is 0.951 bits per heavy atom. The molecule has 31 heteroatoms. The summed E-state index contributed by atoms with van der Waals surface area (Å²) < 4.78 is 51.9. The molecule has 18 rings (SSSR count). The maximum atomic E-state index is 13.3. The van der Waals surface area contributed by atoms with Gasteiger partial charge in [-0.15, -0.1) is 0 Å². The van der Waals surface area contributed by atoms with Gasteiger partial charge in [0.2, 0.25) is 0 Å². The fraction of sp³-hybridized carbons (Fsp3) is 0.587. The van der Waals surface area contributed by atoms with Gasteiger partial charge < -0.3 is 76.8 Å². The van der Waals surface area contributed by atoms with Gasteiger partial charge in [0.1, 0.15) is 89.8 Å². The third kappa shape index (κ3) is 18.8. The highest BCUT2D eigenvalue weighted by molar-refractivity contribution is 5.87. The minimum Gasteiger partial charge on any atom is -0.870 e. The number of nitrogens with two attached hydrogens (primary N) is 3. The molecule has 0 radical (unpaired) electrons. The lowest BCUT2D eigenvalue weighted by Gasteiger charge is -2.46. The molecule has 1 saturated heterocycles. The number of rotatable bonds is 24. The van der Waals surface area contributed by atoms with E-state index >= 15 is 0 Å². The number of nitrogen functional groups attached to an aromatic ring is 3. The number of ether oxygens (including phenoxy) is 1. The standard InChI is InChI=1S/C32H45N7O.C30H38F3N7O.C30H42N8O3.H2O/c1-19(2)39(17-21-14-27(28(40)15-21)38-11-10-24-30(33)34-18-35-31(24)38)23-12-20(13-23)6-9-29-36-25-8-7-22(32(3,4)5)16-26(25)37-29;1-16(2)40(14-19-11-25(26(41)12-19)39-7-6-21-28(34)35-15-36-29(21)39)20-9-18(10-20)4-5-27-37-23-8-17(3)22(30(31,32)33)13-24(23)38-27;1-16(2)37(13-22-25(39)26(40)29(41-22)38-15-34-24-27(31)32-14-33-28(24)38)19-10-17(11-19)6-9-23-35-20-8-7-18(30(3,4)5)12-21(20)36-23;/h7-8,10-11,16,18-21,23,27-28,40H,6,9,12-15,17H2,1-5H3,(H,36,37)(H2,33,34,35);6-8,13,15-16,18-20,25-26,41H,4-5,9-12,14H2,1-3H3,(H,37,38)(H2,34,35,36);7-8,12,14-17,19,22,25-26,29,39-40H,6,9-11,13H2,1-5H3,(H,35,36)(H2,31,32,33);1H2/t20?,21-,23?,27+,28+;18?,19-,20?,25+,26+;17?,19?,22-,25-,26-,29-;/m001./s1. The maximum Gasteiger partial charge on any atom is 0.416 e. The van der Waals surface area contributed by atoms with E-state index in [1.54, 1.807) is 10.6 Å². The first-order valence-electron chi connectivity index (χ1n) is 44.4. The number of anilines is 3. The first-order valence-corrected chi connectivity index (χ1v) is 44.4. The van der Waals surface area contributed by atoms with E-state index in [2.05, 4.69) is 193 Å². The zero-order chi connectivity index (χ0) is 86.3. The number of aliphatic hydroxyl groups excluding tert-OH is 4. The number of benzene rings is 3. The van der Waals surface area contributed by atoms with Crippen LogP contribution in [0.25, 0.3) is 66.3 Å². The van der Waals surface area contributed by atoms with Crippen molar-refractivity contribution in [3.8, 4) is 0 Å². The molecule has 12 aromatic rings. The molecule has 5 saturated carbocycles. The van der Waals surface area contributed by atoms with Gasteiger partial charge in [0.25, 0.3) is 0 Å². The number of hydrogen-bond donors (Lipinski definition) is 11. The minimum atomic E-state index is -4.38. The fourth-order valence-electron chi connectivity index (χ4n) is 20.7. The zero-order valence-corrected chi connectivity index (χ0v) is 73.4. The lowest BCUT2D eigenvalue weighted by molar-refractivity contribution is -0.955. The third-order valence-electron chi connectivity index (χ3n) is 27.9. The predicted octanol–water partition coefficient (Wildman–Crippen LogP) is 13.0. The molecule has 10 heterocycles. The van der Waals surface area contributed by atoms with Crippen LogP contribution in [0.1, 0.15) is 225 Å². The number of alkyl halides is 3.